The van der Waals surface area contributed by atoms with Gasteiger partial charge in [0.1, 0.15) is 5.82 Å². The van der Waals surface area contributed by atoms with Crippen molar-refractivity contribution in [3.8, 4) is 6.07 Å². The number of anilines is 1. The van der Waals surface area contributed by atoms with Gasteiger partial charge < -0.3 is 4.90 Å². The van der Waals surface area contributed by atoms with E-state index in [4.69, 9.17) is 5.26 Å². The summed E-state index contributed by atoms with van der Waals surface area (Å²) in [5, 5.41) is 9.14. The van der Waals surface area contributed by atoms with Gasteiger partial charge in [0.25, 0.3) is 0 Å². The van der Waals surface area contributed by atoms with Crippen molar-refractivity contribution >= 4 is 5.69 Å². The molecule has 2 rings (SSSR count). The average molecular weight is 320 g/mol. The molecular formula is C21H21FN2. The number of halogens is 1. The Labute approximate surface area is 143 Å². The Kier molecular flexibility index (Phi) is 5.92. The number of nitrogens with zero attached hydrogens (tertiary/aromatic N) is 2. The van der Waals surface area contributed by atoms with Crippen molar-refractivity contribution < 1.29 is 4.39 Å². The lowest BCUT2D eigenvalue weighted by Gasteiger charge is -2.21. The molecule has 0 unspecified atom stereocenters. The lowest BCUT2D eigenvalue weighted by Crippen LogP contribution is -2.12. The number of benzene rings is 2. The molecule has 0 radical (unpaired) electrons. The minimum absolute atomic E-state index is 0.374. The zero-order valence-electron chi connectivity index (χ0n) is 14.1. The molecular weight excluding hydrogens is 299 g/mol. The quantitative estimate of drug-likeness (QED) is 0.717. The number of aryl methyl sites for hydroxylation is 2. The van der Waals surface area contributed by atoms with Crippen LogP contribution in [0.4, 0.5) is 10.1 Å². The summed E-state index contributed by atoms with van der Waals surface area (Å²) in [5.41, 5.74) is 4.43. The maximum Gasteiger partial charge on any atom is 0.124 e. The van der Waals surface area contributed by atoms with E-state index in [9.17, 15) is 4.39 Å². The van der Waals surface area contributed by atoms with Crippen LogP contribution in [0.3, 0.4) is 0 Å². The summed E-state index contributed by atoms with van der Waals surface area (Å²) in [6.07, 6.45) is 5.44. The minimum Gasteiger partial charge on any atom is -0.322 e. The van der Waals surface area contributed by atoms with Gasteiger partial charge >= 0.3 is 0 Å². The molecule has 0 aliphatic carbocycles. The Hall–Kier alpha value is -2.86. The smallest absolute Gasteiger partial charge is 0.124 e. The van der Waals surface area contributed by atoms with Gasteiger partial charge in [-0.15, -0.1) is 0 Å². The number of allylic oxidation sites excluding steroid dienone is 2. The molecule has 2 nitrogen and oxygen atoms in total. The molecule has 0 amide bonds. The van der Waals surface area contributed by atoms with Crippen LogP contribution in [0.5, 0.6) is 0 Å². The van der Waals surface area contributed by atoms with Gasteiger partial charge in [-0.1, -0.05) is 30.9 Å². The van der Waals surface area contributed by atoms with E-state index in [-0.39, 0.29) is 5.82 Å². The molecule has 0 aliphatic heterocycles. The second kappa shape index (κ2) is 8.12. The Morgan fingerprint density at radius 3 is 2.71 bits per heavy atom. The predicted molar refractivity (Wildman–Crippen MR) is 97.1 cm³/mol. The average Bonchev–Trinajstić information content (AvgIpc) is 2.58. The van der Waals surface area contributed by atoms with E-state index in [2.05, 4.69) is 24.8 Å². The van der Waals surface area contributed by atoms with Crippen LogP contribution in [0.1, 0.15) is 30.5 Å². The molecule has 0 saturated carbocycles. The minimum atomic E-state index is -0.374. The maximum atomic E-state index is 13.2. The highest BCUT2D eigenvalue weighted by Crippen LogP contribution is 2.22. The van der Waals surface area contributed by atoms with Crippen LogP contribution >= 0.6 is 0 Å². The van der Waals surface area contributed by atoms with Crippen molar-refractivity contribution in [3.05, 3.63) is 89.5 Å². The fourth-order valence-electron chi connectivity index (χ4n) is 2.59. The van der Waals surface area contributed by atoms with Gasteiger partial charge in [-0.3, -0.25) is 0 Å². The zero-order valence-corrected chi connectivity index (χ0v) is 14.1. The van der Waals surface area contributed by atoms with Gasteiger partial charge in [0, 0.05) is 17.6 Å². The summed E-state index contributed by atoms with van der Waals surface area (Å²) >= 11 is 0. The summed E-state index contributed by atoms with van der Waals surface area (Å²) in [7, 11) is 0. The van der Waals surface area contributed by atoms with E-state index < -0.39 is 0 Å². The molecule has 0 heterocycles. The molecule has 0 saturated heterocycles. The van der Waals surface area contributed by atoms with E-state index in [0.29, 0.717) is 12.0 Å². The standard InChI is InChI=1S/C21H21FN2/c1-4-12-24(16(2)3)21-7-5-6-17(13-21)8-9-18-10-11-20(22)14-19(18)15-23/h4-7,10-14H,2,8-9H2,1,3H3/b12-4-. The normalized spacial score (nSPS) is 10.6. The molecule has 0 N–H and O–H groups in total. The van der Waals surface area contributed by atoms with Crippen LogP contribution in [-0.2, 0) is 12.8 Å². The van der Waals surface area contributed by atoms with E-state index in [1.165, 1.54) is 12.1 Å². The van der Waals surface area contributed by atoms with E-state index in [1.54, 1.807) is 6.07 Å². The molecule has 0 bridgehead atoms. The zero-order chi connectivity index (χ0) is 17.5. The first-order valence-corrected chi connectivity index (χ1v) is 7.90. The maximum absolute atomic E-state index is 13.2. The molecule has 0 atom stereocenters. The number of hydrogen-bond acceptors (Lipinski definition) is 2. The van der Waals surface area contributed by atoms with Crippen LogP contribution in [-0.4, -0.2) is 0 Å². The Balaban J connectivity index is 2.19. The third-order valence-electron chi connectivity index (χ3n) is 3.77. The highest BCUT2D eigenvalue weighted by atomic mass is 19.1. The van der Waals surface area contributed by atoms with Crippen LogP contribution < -0.4 is 4.90 Å². The second-order valence-corrected chi connectivity index (χ2v) is 5.67. The predicted octanol–water partition coefficient (Wildman–Crippen LogP) is 5.36. The summed E-state index contributed by atoms with van der Waals surface area (Å²) in [6.45, 7) is 7.94. The molecule has 24 heavy (non-hydrogen) atoms. The second-order valence-electron chi connectivity index (χ2n) is 5.67. The van der Waals surface area contributed by atoms with Crippen LogP contribution in [0.25, 0.3) is 0 Å². The first-order valence-electron chi connectivity index (χ1n) is 7.90. The van der Waals surface area contributed by atoms with E-state index in [1.807, 2.05) is 43.2 Å². The van der Waals surface area contributed by atoms with Gasteiger partial charge in [-0.2, -0.15) is 5.26 Å². The van der Waals surface area contributed by atoms with E-state index in [0.717, 1.165) is 28.9 Å². The van der Waals surface area contributed by atoms with Crippen LogP contribution in [0.15, 0.2) is 67.0 Å². The summed E-state index contributed by atoms with van der Waals surface area (Å²) in [5.74, 6) is -0.374. The molecule has 0 spiro atoms. The van der Waals surface area contributed by atoms with Gasteiger partial charge in [-0.25, -0.2) is 4.39 Å². The van der Waals surface area contributed by atoms with Gasteiger partial charge in [0.2, 0.25) is 0 Å². The Morgan fingerprint density at radius 2 is 2.04 bits per heavy atom. The SMILES string of the molecule is C=C(C)N(/C=C\C)c1cccc(CCc2ccc(F)cc2C#N)c1. The molecule has 0 aliphatic rings. The van der Waals surface area contributed by atoms with Crippen LogP contribution in [0, 0.1) is 17.1 Å². The number of nitriles is 1. The molecule has 2 aromatic rings. The van der Waals surface area contributed by atoms with Gasteiger partial charge in [-0.05, 0) is 62.1 Å². The first kappa shape index (κ1) is 17.5. The molecule has 0 fully saturated rings. The summed E-state index contributed by atoms with van der Waals surface area (Å²) in [6, 6.07) is 14.7. The van der Waals surface area contributed by atoms with E-state index >= 15 is 0 Å². The van der Waals surface area contributed by atoms with Crippen molar-refractivity contribution in [3.63, 3.8) is 0 Å². The molecule has 2 aromatic carbocycles. The van der Waals surface area contributed by atoms with Gasteiger partial charge in [0.05, 0.1) is 11.6 Å². The lowest BCUT2D eigenvalue weighted by molar-refractivity contribution is 0.626. The van der Waals surface area contributed by atoms with Gasteiger partial charge in [0.15, 0.2) is 0 Å². The third kappa shape index (κ3) is 4.33. The van der Waals surface area contributed by atoms with Crippen molar-refractivity contribution in [2.24, 2.45) is 0 Å². The Morgan fingerprint density at radius 1 is 1.25 bits per heavy atom. The lowest BCUT2D eigenvalue weighted by atomic mass is 10.00. The topological polar surface area (TPSA) is 27.0 Å². The van der Waals surface area contributed by atoms with Crippen LogP contribution in [0.2, 0.25) is 0 Å². The summed E-state index contributed by atoms with van der Waals surface area (Å²) < 4.78 is 13.2. The first-order chi connectivity index (χ1) is 11.5. The third-order valence-corrected chi connectivity index (χ3v) is 3.77. The highest BCUT2D eigenvalue weighted by Gasteiger charge is 2.07. The fraction of sp³-hybridized carbons (Fsp3) is 0.190. The molecule has 122 valence electrons. The highest BCUT2D eigenvalue weighted by molar-refractivity contribution is 5.55. The number of rotatable bonds is 6. The fourth-order valence-corrected chi connectivity index (χ4v) is 2.59. The van der Waals surface area contributed by atoms with Crippen molar-refractivity contribution in [1.82, 2.24) is 0 Å². The van der Waals surface area contributed by atoms with Crippen molar-refractivity contribution in [1.29, 1.82) is 5.26 Å². The molecule has 3 heteroatoms. The molecule has 0 aromatic heterocycles. The monoisotopic (exact) mass is 320 g/mol. The summed E-state index contributed by atoms with van der Waals surface area (Å²) in [4.78, 5) is 2.03. The van der Waals surface area contributed by atoms with Crippen molar-refractivity contribution in [2.45, 2.75) is 26.7 Å². The Bertz CT molecular complexity index is 800. The number of hydrogen-bond donors (Lipinski definition) is 0. The van der Waals surface area contributed by atoms with Crippen molar-refractivity contribution in [2.75, 3.05) is 4.90 Å². The largest absolute Gasteiger partial charge is 0.322 e.